The molecule has 3 nitrogen and oxygen atoms in total. The number of benzene rings is 1. The second-order valence-corrected chi connectivity index (χ2v) is 3.61. The molecule has 1 atom stereocenters. The summed E-state index contributed by atoms with van der Waals surface area (Å²) in [5.41, 5.74) is 1.02. The molecule has 0 saturated carbocycles. The van der Waals surface area contributed by atoms with Crippen LogP contribution in [-0.4, -0.2) is 22.9 Å². The fourth-order valence-corrected chi connectivity index (χ4v) is 1.23. The zero-order chi connectivity index (χ0) is 9.14. The van der Waals surface area contributed by atoms with E-state index in [1.165, 1.54) is 0 Å². The van der Waals surface area contributed by atoms with Gasteiger partial charge in [-0.15, -0.1) is 0 Å². The molecule has 0 amide bonds. The Hall–Kier alpha value is -0.273. The van der Waals surface area contributed by atoms with Gasteiger partial charge in [-0.05, 0) is 24.3 Å². The van der Waals surface area contributed by atoms with Crippen LogP contribution in [0.25, 0.3) is 0 Å². The maximum Gasteiger partial charge on any atom is 1.00 e. The van der Waals surface area contributed by atoms with Crippen molar-refractivity contribution in [3.8, 4) is 0 Å². The number of hydrogen-bond donors (Lipinski definition) is 1. The average Bonchev–Trinajstić information content (AvgIpc) is 2.04. The smallest absolute Gasteiger partial charge is 1.00 e. The minimum atomic E-state index is -1.87. The summed E-state index contributed by atoms with van der Waals surface area (Å²) in [6.45, 7) is 0. The molecule has 1 N–H and O–H groups in total. The van der Waals surface area contributed by atoms with Crippen LogP contribution in [-0.2, 0) is 11.1 Å². The second kappa shape index (κ2) is 5.46. The van der Waals surface area contributed by atoms with E-state index in [9.17, 15) is 4.21 Å². The van der Waals surface area contributed by atoms with Gasteiger partial charge in [0.15, 0.2) is 11.1 Å². The molecule has 5 heteroatoms. The van der Waals surface area contributed by atoms with Gasteiger partial charge < -0.3 is 10.9 Å². The minimum absolute atomic E-state index is 0. The maximum atomic E-state index is 10.6. The Morgan fingerprint density at radius 2 is 1.77 bits per heavy atom. The van der Waals surface area contributed by atoms with Crippen molar-refractivity contribution in [3.05, 3.63) is 24.3 Å². The molecular formula is C8H12LiNO2S. The molecule has 13 heavy (non-hydrogen) atoms. The van der Waals surface area contributed by atoms with Crippen molar-refractivity contribution in [1.29, 1.82) is 0 Å². The predicted molar refractivity (Wildman–Crippen MR) is 50.9 cm³/mol. The van der Waals surface area contributed by atoms with Crippen molar-refractivity contribution >= 4 is 16.8 Å². The van der Waals surface area contributed by atoms with Gasteiger partial charge in [0.25, 0.3) is 0 Å². The molecular weight excluding hydrogens is 181 g/mol. The van der Waals surface area contributed by atoms with Crippen LogP contribution in [0.15, 0.2) is 29.2 Å². The van der Waals surface area contributed by atoms with E-state index < -0.39 is 11.1 Å². The minimum Gasteiger partial charge on any atom is -1.00 e. The molecule has 0 spiro atoms. The van der Waals surface area contributed by atoms with Gasteiger partial charge in [-0.1, -0.05) is 0 Å². The van der Waals surface area contributed by atoms with Crippen molar-refractivity contribution in [2.24, 2.45) is 0 Å². The molecule has 0 aliphatic rings. The normalized spacial score (nSPS) is 11.6. The third-order valence-corrected chi connectivity index (χ3v) is 2.23. The summed E-state index contributed by atoms with van der Waals surface area (Å²) >= 11 is -1.87. The fourth-order valence-electron chi connectivity index (χ4n) is 0.861. The zero-order valence-corrected chi connectivity index (χ0v) is 8.84. The van der Waals surface area contributed by atoms with Gasteiger partial charge in [0.1, 0.15) is 0 Å². The SMILES string of the molecule is CN(C)c1ccc(S(=O)O)cc1.[H-].[Li+]. The van der Waals surface area contributed by atoms with Gasteiger partial charge in [-0.25, -0.2) is 4.21 Å². The largest absolute Gasteiger partial charge is 1.00 e. The van der Waals surface area contributed by atoms with Crippen molar-refractivity contribution in [2.75, 3.05) is 19.0 Å². The molecule has 0 aliphatic heterocycles. The van der Waals surface area contributed by atoms with Crippen molar-refractivity contribution in [1.82, 2.24) is 0 Å². The summed E-state index contributed by atoms with van der Waals surface area (Å²) in [6.07, 6.45) is 0. The van der Waals surface area contributed by atoms with Gasteiger partial charge in [0.05, 0.1) is 4.90 Å². The molecule has 1 rings (SSSR count). The topological polar surface area (TPSA) is 40.5 Å². The molecule has 1 aromatic carbocycles. The summed E-state index contributed by atoms with van der Waals surface area (Å²) in [7, 11) is 3.84. The van der Waals surface area contributed by atoms with E-state index in [2.05, 4.69) is 0 Å². The van der Waals surface area contributed by atoms with Gasteiger partial charge in [-0.2, -0.15) is 0 Å². The Balaban J connectivity index is 0. The molecule has 0 bridgehead atoms. The van der Waals surface area contributed by atoms with Gasteiger partial charge >= 0.3 is 18.9 Å². The molecule has 0 aromatic heterocycles. The van der Waals surface area contributed by atoms with E-state index in [0.29, 0.717) is 4.90 Å². The Bertz CT molecular complexity index is 292. The van der Waals surface area contributed by atoms with Gasteiger partial charge in [0.2, 0.25) is 0 Å². The van der Waals surface area contributed by atoms with E-state index in [1.54, 1.807) is 12.1 Å². The molecule has 0 aliphatic carbocycles. The van der Waals surface area contributed by atoms with E-state index in [4.69, 9.17) is 4.55 Å². The van der Waals surface area contributed by atoms with Crippen LogP contribution < -0.4 is 23.8 Å². The van der Waals surface area contributed by atoms with E-state index in [1.807, 2.05) is 31.1 Å². The first-order valence-corrected chi connectivity index (χ1v) is 4.60. The summed E-state index contributed by atoms with van der Waals surface area (Å²) in [5, 5.41) is 0. The number of rotatable bonds is 2. The monoisotopic (exact) mass is 193 g/mol. The molecule has 1 unspecified atom stereocenters. The van der Waals surface area contributed by atoms with Crippen LogP contribution in [0.3, 0.4) is 0 Å². The summed E-state index contributed by atoms with van der Waals surface area (Å²) < 4.78 is 19.3. The quantitative estimate of drug-likeness (QED) is 0.456. The van der Waals surface area contributed by atoms with Crippen molar-refractivity contribution in [3.63, 3.8) is 0 Å². The van der Waals surface area contributed by atoms with E-state index >= 15 is 0 Å². The molecule has 0 fully saturated rings. The predicted octanol–water partition coefficient (Wildman–Crippen LogP) is -1.55. The van der Waals surface area contributed by atoms with Crippen LogP contribution in [0.5, 0.6) is 0 Å². The fraction of sp³-hybridized carbons (Fsp3) is 0.250. The number of nitrogens with zero attached hydrogens (tertiary/aromatic N) is 1. The Kier molecular flexibility index (Phi) is 5.34. The van der Waals surface area contributed by atoms with Crippen molar-refractivity contribution < 1.29 is 29.0 Å². The van der Waals surface area contributed by atoms with E-state index in [-0.39, 0.29) is 20.3 Å². The first-order valence-electron chi connectivity index (χ1n) is 3.49. The first-order chi connectivity index (χ1) is 5.61. The van der Waals surface area contributed by atoms with Crippen LogP contribution in [0, 0.1) is 0 Å². The van der Waals surface area contributed by atoms with Crippen LogP contribution in [0.1, 0.15) is 1.43 Å². The Labute approximate surface area is 94.1 Å². The average molecular weight is 193 g/mol. The van der Waals surface area contributed by atoms with Crippen LogP contribution in [0.2, 0.25) is 0 Å². The summed E-state index contributed by atoms with van der Waals surface area (Å²) in [6, 6.07) is 6.91. The summed E-state index contributed by atoms with van der Waals surface area (Å²) in [5.74, 6) is 0. The standard InChI is InChI=1S/C8H11NO2S.Li.H/c1-9(2)7-3-5-8(6-4-7)12(10)11;;/h3-6H,1-2H3,(H,10,11);;/q;+1;-1. The van der Waals surface area contributed by atoms with Gasteiger partial charge in [-0.3, -0.25) is 0 Å². The molecule has 0 radical (unpaired) electrons. The third-order valence-electron chi connectivity index (χ3n) is 1.55. The molecule has 0 saturated heterocycles. The third kappa shape index (κ3) is 3.53. The van der Waals surface area contributed by atoms with E-state index in [0.717, 1.165) is 5.69 Å². The number of hydrogen-bond acceptors (Lipinski definition) is 2. The zero-order valence-electron chi connectivity index (χ0n) is 9.02. The maximum absolute atomic E-state index is 10.6. The van der Waals surface area contributed by atoms with Crippen LogP contribution in [0.4, 0.5) is 5.69 Å². The van der Waals surface area contributed by atoms with Crippen molar-refractivity contribution in [2.45, 2.75) is 4.90 Å². The van der Waals surface area contributed by atoms with Gasteiger partial charge in [0, 0.05) is 19.8 Å². The van der Waals surface area contributed by atoms with Crippen LogP contribution >= 0.6 is 0 Å². The first kappa shape index (κ1) is 12.7. The number of anilines is 1. The summed E-state index contributed by atoms with van der Waals surface area (Å²) in [4.78, 5) is 2.37. The molecule has 0 heterocycles. The second-order valence-electron chi connectivity index (χ2n) is 2.64. The molecule has 1 aromatic rings. The Morgan fingerprint density at radius 1 is 1.31 bits per heavy atom. The Morgan fingerprint density at radius 3 is 2.08 bits per heavy atom. The molecule has 68 valence electrons.